The topological polar surface area (TPSA) is 48.1 Å². The number of hydrogen-bond acceptors (Lipinski definition) is 4. The summed E-state index contributed by atoms with van der Waals surface area (Å²) in [4.78, 5) is 0. The third-order valence-electron chi connectivity index (χ3n) is 11.3. The van der Waals surface area contributed by atoms with Gasteiger partial charge >= 0.3 is 0 Å². The van der Waals surface area contributed by atoms with E-state index in [1.54, 1.807) is 0 Å². The predicted molar refractivity (Wildman–Crippen MR) is 142 cm³/mol. The van der Waals surface area contributed by atoms with Gasteiger partial charge in [-0.1, -0.05) is 51.4 Å². The van der Waals surface area contributed by atoms with Gasteiger partial charge in [-0.3, -0.25) is 0 Å². The molecule has 8 unspecified atom stereocenters. The maximum Gasteiger partial charge on any atom is 0.0153 e. The van der Waals surface area contributed by atoms with E-state index in [9.17, 15) is 0 Å². The lowest BCUT2D eigenvalue weighted by Gasteiger charge is -2.52. The van der Waals surface area contributed by atoms with Gasteiger partial charge < -0.3 is 21.3 Å². The highest BCUT2D eigenvalue weighted by Gasteiger charge is 2.46. The fraction of sp³-hybridized carbons (Fsp3) is 1.00. The van der Waals surface area contributed by atoms with E-state index >= 15 is 0 Å². The quantitative estimate of drug-likeness (QED) is 0.390. The van der Waals surface area contributed by atoms with Crippen molar-refractivity contribution in [1.29, 1.82) is 0 Å². The van der Waals surface area contributed by atoms with Crippen LogP contribution in [0, 0.1) is 23.7 Å². The summed E-state index contributed by atoms with van der Waals surface area (Å²) in [6.07, 6.45) is 25.9. The van der Waals surface area contributed by atoms with E-state index in [4.69, 9.17) is 0 Å². The van der Waals surface area contributed by atoms with Crippen LogP contribution in [0.5, 0.6) is 0 Å². The van der Waals surface area contributed by atoms with Gasteiger partial charge in [-0.15, -0.1) is 0 Å². The summed E-state index contributed by atoms with van der Waals surface area (Å²) in [7, 11) is 0. The van der Waals surface area contributed by atoms with Crippen molar-refractivity contribution in [2.45, 2.75) is 152 Å². The van der Waals surface area contributed by atoms with Gasteiger partial charge in [0.05, 0.1) is 0 Å². The average Bonchev–Trinajstić information content (AvgIpc) is 2.89. The lowest BCUT2D eigenvalue weighted by atomic mass is 9.66. The van der Waals surface area contributed by atoms with Crippen molar-refractivity contribution in [3.8, 4) is 0 Å². The molecule has 0 aromatic rings. The molecule has 0 radical (unpaired) electrons. The normalized spacial score (nSPS) is 46.6. The van der Waals surface area contributed by atoms with Crippen molar-refractivity contribution in [1.82, 2.24) is 21.3 Å². The van der Waals surface area contributed by atoms with E-state index in [0.29, 0.717) is 0 Å². The number of piperidine rings is 2. The summed E-state index contributed by atoms with van der Waals surface area (Å²) in [5, 5.41) is 16.6. The molecule has 0 bridgehead atoms. The van der Waals surface area contributed by atoms with Crippen LogP contribution in [0.4, 0.5) is 0 Å². The van der Waals surface area contributed by atoms with Crippen LogP contribution < -0.4 is 21.3 Å². The zero-order chi connectivity index (χ0) is 22.7. The van der Waals surface area contributed by atoms with Crippen LogP contribution in [0.1, 0.15) is 116 Å². The van der Waals surface area contributed by atoms with E-state index in [2.05, 4.69) is 21.3 Å². The van der Waals surface area contributed by atoms with Gasteiger partial charge in [-0.25, -0.2) is 0 Å². The van der Waals surface area contributed by atoms with Crippen molar-refractivity contribution in [2.75, 3.05) is 13.1 Å². The van der Waals surface area contributed by atoms with Crippen molar-refractivity contribution in [3.05, 3.63) is 0 Å². The molecule has 2 saturated heterocycles. The van der Waals surface area contributed by atoms with Crippen molar-refractivity contribution in [3.63, 3.8) is 0 Å². The Balaban J connectivity index is 0.985. The lowest BCUT2D eigenvalue weighted by molar-refractivity contribution is 0.0505. The Bertz CT molecular complexity index is 541. The first-order valence-corrected chi connectivity index (χ1v) is 15.9. The van der Waals surface area contributed by atoms with Gasteiger partial charge in [0, 0.05) is 36.3 Å². The molecule has 4 aliphatic carbocycles. The number of fused-ring (bicyclic) bond motifs is 4. The van der Waals surface area contributed by atoms with Gasteiger partial charge in [0.15, 0.2) is 0 Å². The Labute approximate surface area is 209 Å². The molecule has 34 heavy (non-hydrogen) atoms. The standard InChI is InChI=1S/C30H54N4/c1-5-15-25-21(11-1)29(22-12-2-6-16-26(22)33-25)31-19-9-10-20-32-30-23-13-3-7-17-27(23)34-28-18-8-4-14-24(28)30/h21-34H,1-20H2. The van der Waals surface area contributed by atoms with Gasteiger partial charge in [0.2, 0.25) is 0 Å². The third-order valence-corrected chi connectivity index (χ3v) is 11.3. The average molecular weight is 471 g/mol. The molecule has 194 valence electrons. The molecule has 4 nitrogen and oxygen atoms in total. The van der Waals surface area contributed by atoms with Crippen LogP contribution in [0.2, 0.25) is 0 Å². The molecule has 8 atom stereocenters. The number of rotatable bonds is 7. The molecule has 4 heteroatoms. The third kappa shape index (κ3) is 5.13. The Morgan fingerprint density at radius 2 is 0.706 bits per heavy atom. The highest BCUT2D eigenvalue weighted by molar-refractivity contribution is 5.04. The number of hydrogen-bond donors (Lipinski definition) is 4. The van der Waals surface area contributed by atoms with E-state index in [1.807, 2.05) is 0 Å². The van der Waals surface area contributed by atoms with E-state index in [0.717, 1.165) is 59.9 Å². The molecule has 0 aromatic carbocycles. The Hall–Kier alpha value is -0.160. The highest BCUT2D eigenvalue weighted by Crippen LogP contribution is 2.42. The highest BCUT2D eigenvalue weighted by atomic mass is 15.1. The second kappa shape index (κ2) is 11.5. The molecular weight excluding hydrogens is 416 g/mol. The predicted octanol–water partition coefficient (Wildman–Crippen LogP) is 5.12. The zero-order valence-corrected chi connectivity index (χ0v) is 21.9. The number of unbranched alkanes of at least 4 members (excludes halogenated alkanes) is 1. The summed E-state index contributed by atoms with van der Waals surface area (Å²) < 4.78 is 0. The SMILES string of the molecule is C(CCNC1C2CCCCC2NC2CCCCC21)CNC1C2CCCCC2NC2CCCCC21. The first-order valence-electron chi connectivity index (χ1n) is 15.9. The molecule has 2 heterocycles. The van der Waals surface area contributed by atoms with Gasteiger partial charge in [-0.05, 0) is 101 Å². The minimum Gasteiger partial charge on any atom is -0.313 e. The molecule has 6 aliphatic rings. The van der Waals surface area contributed by atoms with Crippen LogP contribution in [-0.2, 0) is 0 Å². The fourth-order valence-corrected chi connectivity index (χ4v) is 9.76. The van der Waals surface area contributed by atoms with E-state index in [1.165, 1.54) is 129 Å². The zero-order valence-electron chi connectivity index (χ0n) is 21.9. The summed E-state index contributed by atoms with van der Waals surface area (Å²) in [5.41, 5.74) is 0. The smallest absolute Gasteiger partial charge is 0.0153 e. The van der Waals surface area contributed by atoms with Crippen molar-refractivity contribution in [2.24, 2.45) is 23.7 Å². The minimum absolute atomic E-state index is 0.792. The molecular formula is C30H54N4. The molecule has 6 fully saturated rings. The summed E-state index contributed by atoms with van der Waals surface area (Å²) in [5.74, 6) is 3.58. The Kier molecular flexibility index (Phi) is 8.17. The van der Waals surface area contributed by atoms with Crippen LogP contribution in [0.3, 0.4) is 0 Å². The second-order valence-electron chi connectivity index (χ2n) is 13.2. The summed E-state index contributed by atoms with van der Waals surface area (Å²) in [6, 6.07) is 4.80. The van der Waals surface area contributed by atoms with Gasteiger partial charge in [-0.2, -0.15) is 0 Å². The molecule has 4 saturated carbocycles. The molecule has 0 amide bonds. The minimum atomic E-state index is 0.792. The first-order chi connectivity index (χ1) is 16.9. The maximum atomic E-state index is 4.17. The van der Waals surface area contributed by atoms with E-state index < -0.39 is 0 Å². The number of nitrogens with one attached hydrogen (secondary N) is 4. The largest absolute Gasteiger partial charge is 0.313 e. The Morgan fingerprint density at radius 1 is 0.412 bits per heavy atom. The van der Waals surface area contributed by atoms with Crippen molar-refractivity contribution < 1.29 is 0 Å². The molecule has 2 aliphatic heterocycles. The maximum absolute atomic E-state index is 4.17. The van der Waals surface area contributed by atoms with Crippen LogP contribution in [-0.4, -0.2) is 49.3 Å². The molecule has 6 rings (SSSR count). The van der Waals surface area contributed by atoms with E-state index in [-0.39, 0.29) is 0 Å². The van der Waals surface area contributed by atoms with Crippen molar-refractivity contribution >= 4 is 0 Å². The summed E-state index contributed by atoms with van der Waals surface area (Å²) in [6.45, 7) is 2.48. The second-order valence-corrected chi connectivity index (χ2v) is 13.2. The first kappa shape index (κ1) is 24.2. The van der Waals surface area contributed by atoms with Crippen LogP contribution in [0.15, 0.2) is 0 Å². The van der Waals surface area contributed by atoms with Crippen LogP contribution in [0.25, 0.3) is 0 Å². The monoisotopic (exact) mass is 470 g/mol. The lowest BCUT2D eigenvalue weighted by Crippen LogP contribution is -2.64. The van der Waals surface area contributed by atoms with Gasteiger partial charge in [0.1, 0.15) is 0 Å². The summed E-state index contributed by atoms with van der Waals surface area (Å²) >= 11 is 0. The molecule has 0 aromatic heterocycles. The fourth-order valence-electron chi connectivity index (χ4n) is 9.76. The van der Waals surface area contributed by atoms with Gasteiger partial charge in [0.25, 0.3) is 0 Å². The molecule has 4 N–H and O–H groups in total. The van der Waals surface area contributed by atoms with Crippen LogP contribution >= 0.6 is 0 Å². The Morgan fingerprint density at radius 3 is 1.03 bits per heavy atom. The molecule has 0 spiro atoms.